The van der Waals surface area contributed by atoms with E-state index in [-0.39, 0.29) is 11.9 Å². The highest BCUT2D eigenvalue weighted by Gasteiger charge is 2.19. The Balaban J connectivity index is 2.63. The molecule has 1 heterocycles. The molecule has 0 saturated heterocycles. The van der Waals surface area contributed by atoms with Crippen LogP contribution in [0, 0.1) is 5.92 Å². The third-order valence-corrected chi connectivity index (χ3v) is 2.29. The molecule has 0 saturated carbocycles. The number of nitrogens with zero attached hydrogens (tertiary/aromatic N) is 2. The predicted octanol–water partition coefficient (Wildman–Crippen LogP) is 0.453. The molecule has 1 aromatic rings. The summed E-state index contributed by atoms with van der Waals surface area (Å²) in [5.74, 6) is 0.444. The van der Waals surface area contributed by atoms with Crippen molar-refractivity contribution in [2.45, 2.75) is 19.9 Å². The van der Waals surface area contributed by atoms with Gasteiger partial charge in [-0.05, 0) is 13.0 Å². The first-order chi connectivity index (χ1) is 7.54. The minimum absolute atomic E-state index is 0.01000. The van der Waals surface area contributed by atoms with E-state index in [4.69, 9.17) is 0 Å². The van der Waals surface area contributed by atoms with Crippen LogP contribution < -0.4 is 10.6 Å². The van der Waals surface area contributed by atoms with Crippen molar-refractivity contribution in [3.05, 3.63) is 18.0 Å². The van der Waals surface area contributed by atoms with Crippen molar-refractivity contribution in [1.29, 1.82) is 0 Å². The first kappa shape index (κ1) is 12.7. The van der Waals surface area contributed by atoms with Gasteiger partial charge in [0.05, 0.1) is 6.20 Å². The van der Waals surface area contributed by atoms with Crippen molar-refractivity contribution in [3.8, 4) is 0 Å². The first-order valence-corrected chi connectivity index (χ1v) is 5.48. The molecule has 0 aliphatic heterocycles. The second-order valence-corrected chi connectivity index (χ2v) is 4.31. The van der Waals surface area contributed by atoms with Gasteiger partial charge in [0, 0.05) is 25.4 Å². The number of rotatable bonds is 5. The monoisotopic (exact) mass is 224 g/mol. The van der Waals surface area contributed by atoms with Gasteiger partial charge in [0.15, 0.2) is 0 Å². The summed E-state index contributed by atoms with van der Waals surface area (Å²) in [5, 5.41) is 9.95. The van der Waals surface area contributed by atoms with E-state index in [9.17, 15) is 4.79 Å². The number of hydrogen-bond acceptors (Lipinski definition) is 3. The Morgan fingerprint density at radius 1 is 1.56 bits per heavy atom. The van der Waals surface area contributed by atoms with Crippen LogP contribution in [0.1, 0.15) is 25.5 Å². The minimum Gasteiger partial charge on any atom is -0.354 e. The van der Waals surface area contributed by atoms with Crippen LogP contribution in [0.2, 0.25) is 0 Å². The SMILES string of the molecule is CNC(C(=O)NCC(C)C)c1cnn(C)c1. The number of nitrogens with one attached hydrogen (secondary N) is 2. The lowest BCUT2D eigenvalue weighted by atomic mass is 10.1. The number of hydrogen-bond donors (Lipinski definition) is 2. The lowest BCUT2D eigenvalue weighted by Gasteiger charge is -2.15. The molecule has 1 amide bonds. The summed E-state index contributed by atoms with van der Waals surface area (Å²) in [7, 11) is 3.61. The lowest BCUT2D eigenvalue weighted by Crippen LogP contribution is -2.37. The van der Waals surface area contributed by atoms with E-state index in [0.717, 1.165) is 5.56 Å². The second-order valence-electron chi connectivity index (χ2n) is 4.31. The normalized spacial score (nSPS) is 12.8. The zero-order chi connectivity index (χ0) is 12.1. The van der Waals surface area contributed by atoms with E-state index in [0.29, 0.717) is 12.5 Å². The third kappa shape index (κ3) is 3.34. The van der Waals surface area contributed by atoms with E-state index in [1.165, 1.54) is 0 Å². The summed E-state index contributed by atoms with van der Waals surface area (Å²) in [5.41, 5.74) is 0.881. The van der Waals surface area contributed by atoms with Crippen LogP contribution in [0.3, 0.4) is 0 Å². The maximum atomic E-state index is 11.9. The molecule has 90 valence electrons. The van der Waals surface area contributed by atoms with Gasteiger partial charge in [-0.3, -0.25) is 9.48 Å². The number of likely N-dealkylation sites (N-methyl/N-ethyl adjacent to an activating group) is 1. The van der Waals surface area contributed by atoms with Gasteiger partial charge < -0.3 is 10.6 Å². The second kappa shape index (κ2) is 5.65. The van der Waals surface area contributed by atoms with Crippen molar-refractivity contribution in [2.75, 3.05) is 13.6 Å². The van der Waals surface area contributed by atoms with Crippen LogP contribution in [0.15, 0.2) is 12.4 Å². The zero-order valence-electron chi connectivity index (χ0n) is 10.3. The number of aromatic nitrogens is 2. The summed E-state index contributed by atoms with van der Waals surface area (Å²) < 4.78 is 1.69. The van der Waals surface area contributed by atoms with Gasteiger partial charge in [0.1, 0.15) is 6.04 Å². The highest BCUT2D eigenvalue weighted by Crippen LogP contribution is 2.11. The number of carbonyl (C=O) groups excluding carboxylic acids is 1. The summed E-state index contributed by atoms with van der Waals surface area (Å²) in [6.07, 6.45) is 3.55. The third-order valence-electron chi connectivity index (χ3n) is 2.29. The molecule has 0 aliphatic rings. The summed E-state index contributed by atoms with van der Waals surface area (Å²) in [6.45, 7) is 4.83. The van der Waals surface area contributed by atoms with Gasteiger partial charge in [0.2, 0.25) is 5.91 Å². The summed E-state index contributed by atoms with van der Waals surface area (Å²) >= 11 is 0. The van der Waals surface area contributed by atoms with Gasteiger partial charge in [-0.15, -0.1) is 0 Å². The number of carbonyl (C=O) groups is 1. The average molecular weight is 224 g/mol. The molecule has 0 spiro atoms. The first-order valence-electron chi connectivity index (χ1n) is 5.48. The van der Waals surface area contributed by atoms with Crippen LogP contribution in [-0.2, 0) is 11.8 Å². The molecule has 0 radical (unpaired) electrons. The Morgan fingerprint density at radius 3 is 2.69 bits per heavy atom. The van der Waals surface area contributed by atoms with E-state index in [1.54, 1.807) is 17.9 Å². The maximum Gasteiger partial charge on any atom is 0.241 e. The molecule has 5 heteroatoms. The van der Waals surface area contributed by atoms with Crippen molar-refractivity contribution in [3.63, 3.8) is 0 Å². The molecular weight excluding hydrogens is 204 g/mol. The van der Waals surface area contributed by atoms with E-state index in [2.05, 4.69) is 29.6 Å². The molecule has 2 N–H and O–H groups in total. The predicted molar refractivity (Wildman–Crippen MR) is 62.9 cm³/mol. The van der Waals surface area contributed by atoms with E-state index >= 15 is 0 Å². The summed E-state index contributed by atoms with van der Waals surface area (Å²) in [4.78, 5) is 11.9. The molecule has 16 heavy (non-hydrogen) atoms. The van der Waals surface area contributed by atoms with Crippen LogP contribution >= 0.6 is 0 Å². The van der Waals surface area contributed by atoms with Gasteiger partial charge in [0.25, 0.3) is 0 Å². The molecule has 1 unspecified atom stereocenters. The zero-order valence-corrected chi connectivity index (χ0v) is 10.3. The fraction of sp³-hybridized carbons (Fsp3) is 0.636. The Hall–Kier alpha value is -1.36. The highest BCUT2D eigenvalue weighted by molar-refractivity contribution is 5.82. The molecule has 1 aromatic heterocycles. The number of aryl methyl sites for hydroxylation is 1. The van der Waals surface area contributed by atoms with Gasteiger partial charge in [-0.25, -0.2) is 0 Å². The van der Waals surface area contributed by atoms with Gasteiger partial charge in [-0.2, -0.15) is 5.10 Å². The lowest BCUT2D eigenvalue weighted by molar-refractivity contribution is -0.123. The summed E-state index contributed by atoms with van der Waals surface area (Å²) in [6, 6.07) is -0.326. The van der Waals surface area contributed by atoms with Crippen molar-refractivity contribution in [2.24, 2.45) is 13.0 Å². The molecule has 0 aromatic carbocycles. The van der Waals surface area contributed by atoms with Gasteiger partial charge in [-0.1, -0.05) is 13.8 Å². The Kier molecular flexibility index (Phi) is 4.49. The Labute approximate surface area is 96.2 Å². The van der Waals surface area contributed by atoms with Crippen molar-refractivity contribution < 1.29 is 4.79 Å². The van der Waals surface area contributed by atoms with Gasteiger partial charge >= 0.3 is 0 Å². The smallest absolute Gasteiger partial charge is 0.241 e. The molecule has 0 aliphatic carbocycles. The highest BCUT2D eigenvalue weighted by atomic mass is 16.2. The molecule has 1 rings (SSSR count). The molecule has 0 bridgehead atoms. The molecule has 5 nitrogen and oxygen atoms in total. The molecule has 0 fully saturated rings. The van der Waals surface area contributed by atoms with E-state index < -0.39 is 0 Å². The van der Waals surface area contributed by atoms with Crippen molar-refractivity contribution in [1.82, 2.24) is 20.4 Å². The average Bonchev–Trinajstić information content (AvgIpc) is 2.63. The van der Waals surface area contributed by atoms with E-state index in [1.807, 2.05) is 13.2 Å². The van der Waals surface area contributed by atoms with Crippen LogP contribution in [0.5, 0.6) is 0 Å². The topological polar surface area (TPSA) is 59.0 Å². The maximum absolute atomic E-state index is 11.9. The molecule has 1 atom stereocenters. The minimum atomic E-state index is -0.326. The fourth-order valence-corrected chi connectivity index (χ4v) is 1.45. The molecular formula is C11H20N4O. The fourth-order valence-electron chi connectivity index (χ4n) is 1.45. The van der Waals surface area contributed by atoms with Crippen molar-refractivity contribution >= 4 is 5.91 Å². The number of amides is 1. The quantitative estimate of drug-likeness (QED) is 0.763. The van der Waals surface area contributed by atoms with Crippen LogP contribution in [0.4, 0.5) is 0 Å². The van der Waals surface area contributed by atoms with Crippen LogP contribution in [-0.4, -0.2) is 29.3 Å². The Bertz CT molecular complexity index is 346. The van der Waals surface area contributed by atoms with Crippen LogP contribution in [0.25, 0.3) is 0 Å². The Morgan fingerprint density at radius 2 is 2.25 bits per heavy atom. The largest absolute Gasteiger partial charge is 0.354 e. The standard InChI is InChI=1S/C11H20N4O/c1-8(2)5-13-11(16)10(12-3)9-6-14-15(4)7-9/h6-8,10,12H,5H2,1-4H3,(H,13,16).